The Bertz CT molecular complexity index is 1060. The number of aryl methyl sites for hydroxylation is 1. The summed E-state index contributed by atoms with van der Waals surface area (Å²) >= 11 is 0. The summed E-state index contributed by atoms with van der Waals surface area (Å²) < 4.78 is 21.4. The Morgan fingerprint density at radius 3 is 2.53 bits per heavy atom. The molecule has 8 nitrogen and oxygen atoms in total. The lowest BCUT2D eigenvalue weighted by Crippen LogP contribution is -2.31. The van der Waals surface area contributed by atoms with Crippen molar-refractivity contribution in [2.45, 2.75) is 31.7 Å². The van der Waals surface area contributed by atoms with Gasteiger partial charge in [-0.15, -0.1) is 0 Å². The van der Waals surface area contributed by atoms with Crippen LogP contribution in [0.4, 0.5) is 0 Å². The SMILES string of the molecule is COc1ccc(-c2noc(CCC(=O)N3CCCC3c3ccc(OC)cc3OC)n2)cc1. The molecule has 2 heterocycles. The molecule has 1 atom stereocenters. The first kappa shape index (κ1) is 21.7. The van der Waals surface area contributed by atoms with Crippen LogP contribution in [-0.2, 0) is 11.2 Å². The molecule has 168 valence electrons. The second-order valence-corrected chi connectivity index (χ2v) is 7.59. The lowest BCUT2D eigenvalue weighted by molar-refractivity contribution is -0.132. The fraction of sp³-hybridized carbons (Fsp3) is 0.375. The topological polar surface area (TPSA) is 86.9 Å². The number of hydrogen-bond donors (Lipinski definition) is 0. The molecule has 0 saturated carbocycles. The molecule has 8 heteroatoms. The second-order valence-electron chi connectivity index (χ2n) is 7.59. The van der Waals surface area contributed by atoms with Crippen molar-refractivity contribution in [3.05, 3.63) is 53.9 Å². The Morgan fingerprint density at radius 2 is 1.81 bits per heavy atom. The van der Waals surface area contributed by atoms with Gasteiger partial charge in [0.2, 0.25) is 17.6 Å². The molecule has 1 unspecified atom stereocenters. The highest BCUT2D eigenvalue weighted by atomic mass is 16.5. The third-order valence-electron chi connectivity index (χ3n) is 5.74. The van der Waals surface area contributed by atoms with Gasteiger partial charge in [-0.25, -0.2) is 0 Å². The largest absolute Gasteiger partial charge is 0.497 e. The number of aromatic nitrogens is 2. The molecule has 0 radical (unpaired) electrons. The van der Waals surface area contributed by atoms with E-state index in [2.05, 4.69) is 10.1 Å². The molecule has 0 aliphatic carbocycles. The molecule has 1 aliphatic heterocycles. The van der Waals surface area contributed by atoms with E-state index >= 15 is 0 Å². The molecule has 1 aliphatic rings. The maximum atomic E-state index is 13.0. The van der Waals surface area contributed by atoms with Crippen LogP contribution in [-0.4, -0.2) is 48.8 Å². The minimum Gasteiger partial charge on any atom is -0.497 e. The summed E-state index contributed by atoms with van der Waals surface area (Å²) in [6.45, 7) is 0.722. The Morgan fingerprint density at radius 1 is 1.06 bits per heavy atom. The van der Waals surface area contributed by atoms with Gasteiger partial charge in [0.25, 0.3) is 0 Å². The maximum absolute atomic E-state index is 13.0. The third kappa shape index (κ3) is 4.54. The monoisotopic (exact) mass is 437 g/mol. The number of hydrogen-bond acceptors (Lipinski definition) is 7. The van der Waals surface area contributed by atoms with Crippen molar-refractivity contribution >= 4 is 5.91 Å². The van der Waals surface area contributed by atoms with Gasteiger partial charge < -0.3 is 23.6 Å². The lowest BCUT2D eigenvalue weighted by atomic mass is 10.0. The maximum Gasteiger partial charge on any atom is 0.227 e. The van der Waals surface area contributed by atoms with E-state index in [0.717, 1.165) is 47.8 Å². The predicted molar refractivity (Wildman–Crippen MR) is 118 cm³/mol. The van der Waals surface area contributed by atoms with Crippen LogP contribution >= 0.6 is 0 Å². The molecule has 32 heavy (non-hydrogen) atoms. The zero-order chi connectivity index (χ0) is 22.5. The number of likely N-dealkylation sites (tertiary alicyclic amines) is 1. The molecule has 1 saturated heterocycles. The van der Waals surface area contributed by atoms with Gasteiger partial charge in [0.15, 0.2) is 0 Å². The van der Waals surface area contributed by atoms with Gasteiger partial charge in [0.1, 0.15) is 17.2 Å². The lowest BCUT2D eigenvalue weighted by Gasteiger charge is -2.26. The fourth-order valence-electron chi connectivity index (χ4n) is 4.05. The number of nitrogens with zero attached hydrogens (tertiary/aromatic N) is 3. The zero-order valence-corrected chi connectivity index (χ0v) is 18.5. The van der Waals surface area contributed by atoms with E-state index < -0.39 is 0 Å². The zero-order valence-electron chi connectivity index (χ0n) is 18.5. The van der Waals surface area contributed by atoms with Crippen molar-refractivity contribution in [3.63, 3.8) is 0 Å². The van der Waals surface area contributed by atoms with E-state index in [0.29, 0.717) is 24.6 Å². The van der Waals surface area contributed by atoms with Gasteiger partial charge in [-0.3, -0.25) is 4.79 Å². The molecule has 0 spiro atoms. The molecule has 2 aromatic carbocycles. The number of carbonyl (C=O) groups excluding carboxylic acids is 1. The van der Waals surface area contributed by atoms with Crippen molar-refractivity contribution in [2.24, 2.45) is 0 Å². The van der Waals surface area contributed by atoms with Crippen LogP contribution in [0.5, 0.6) is 17.2 Å². The first-order valence-electron chi connectivity index (χ1n) is 10.6. The summed E-state index contributed by atoms with van der Waals surface area (Å²) in [5.74, 6) is 3.23. The van der Waals surface area contributed by atoms with E-state index in [9.17, 15) is 4.79 Å². The normalized spacial score (nSPS) is 15.6. The van der Waals surface area contributed by atoms with Gasteiger partial charge in [-0.05, 0) is 49.2 Å². The van der Waals surface area contributed by atoms with Gasteiger partial charge in [-0.1, -0.05) is 5.16 Å². The van der Waals surface area contributed by atoms with Crippen molar-refractivity contribution in [2.75, 3.05) is 27.9 Å². The van der Waals surface area contributed by atoms with E-state index in [1.165, 1.54) is 0 Å². The summed E-state index contributed by atoms with van der Waals surface area (Å²) in [6.07, 6.45) is 2.55. The summed E-state index contributed by atoms with van der Waals surface area (Å²) in [6, 6.07) is 13.2. The highest BCUT2D eigenvalue weighted by Gasteiger charge is 2.32. The third-order valence-corrected chi connectivity index (χ3v) is 5.74. The number of rotatable bonds is 8. The van der Waals surface area contributed by atoms with Gasteiger partial charge in [-0.2, -0.15) is 4.98 Å². The van der Waals surface area contributed by atoms with Crippen LogP contribution < -0.4 is 14.2 Å². The Balaban J connectivity index is 1.41. The van der Waals surface area contributed by atoms with Crippen LogP contribution in [0.1, 0.15) is 36.8 Å². The van der Waals surface area contributed by atoms with Gasteiger partial charge >= 0.3 is 0 Å². The molecule has 1 fully saturated rings. The van der Waals surface area contributed by atoms with E-state index in [-0.39, 0.29) is 11.9 Å². The number of amides is 1. The van der Waals surface area contributed by atoms with E-state index in [4.69, 9.17) is 18.7 Å². The highest BCUT2D eigenvalue weighted by Crippen LogP contribution is 2.39. The molecular weight excluding hydrogens is 410 g/mol. The van der Waals surface area contributed by atoms with Crippen LogP contribution in [0.2, 0.25) is 0 Å². The fourth-order valence-corrected chi connectivity index (χ4v) is 4.05. The standard InChI is InChI=1S/C24H27N3O5/c1-29-17-8-6-16(7-9-17)24-25-22(32-26-24)12-13-23(28)27-14-4-5-20(27)19-11-10-18(30-2)15-21(19)31-3/h6-11,15,20H,4-5,12-14H2,1-3H3. The number of ether oxygens (including phenoxy) is 3. The minimum atomic E-state index is -0.0131. The Hall–Kier alpha value is -3.55. The van der Waals surface area contributed by atoms with E-state index in [1.54, 1.807) is 21.3 Å². The average molecular weight is 437 g/mol. The van der Waals surface area contributed by atoms with Gasteiger partial charge in [0, 0.05) is 36.6 Å². The quantitative estimate of drug-likeness (QED) is 0.525. The first-order valence-corrected chi connectivity index (χ1v) is 10.6. The summed E-state index contributed by atoms with van der Waals surface area (Å²) in [7, 11) is 4.88. The average Bonchev–Trinajstić information content (AvgIpc) is 3.52. The highest BCUT2D eigenvalue weighted by molar-refractivity contribution is 5.77. The van der Waals surface area contributed by atoms with Crippen LogP contribution in [0.25, 0.3) is 11.4 Å². The first-order chi connectivity index (χ1) is 15.6. The van der Waals surface area contributed by atoms with Crippen molar-refractivity contribution in [1.29, 1.82) is 0 Å². The molecule has 1 amide bonds. The van der Waals surface area contributed by atoms with Crippen LogP contribution in [0.15, 0.2) is 47.0 Å². The van der Waals surface area contributed by atoms with Crippen molar-refractivity contribution < 1.29 is 23.5 Å². The molecule has 1 aromatic heterocycles. The number of carbonyl (C=O) groups is 1. The number of methoxy groups -OCH3 is 3. The van der Waals surface area contributed by atoms with Crippen molar-refractivity contribution in [3.8, 4) is 28.6 Å². The van der Waals surface area contributed by atoms with E-state index in [1.807, 2.05) is 47.4 Å². The summed E-state index contributed by atoms with van der Waals surface area (Å²) in [5.41, 5.74) is 1.83. The predicted octanol–water partition coefficient (Wildman–Crippen LogP) is 4.06. The van der Waals surface area contributed by atoms with Crippen molar-refractivity contribution in [1.82, 2.24) is 15.0 Å². The second kappa shape index (κ2) is 9.72. The smallest absolute Gasteiger partial charge is 0.227 e. The minimum absolute atomic E-state index is 0.0131. The molecule has 4 rings (SSSR count). The summed E-state index contributed by atoms with van der Waals surface area (Å²) in [5, 5.41) is 4.04. The Kier molecular flexibility index (Phi) is 6.58. The van der Waals surface area contributed by atoms with Crippen LogP contribution in [0, 0.1) is 0 Å². The molecular formula is C24H27N3O5. The van der Waals surface area contributed by atoms with Crippen LogP contribution in [0.3, 0.4) is 0 Å². The molecule has 0 N–H and O–H groups in total. The van der Waals surface area contributed by atoms with Gasteiger partial charge in [0.05, 0.1) is 27.4 Å². The molecule has 0 bridgehead atoms. The number of benzene rings is 2. The summed E-state index contributed by atoms with van der Waals surface area (Å²) in [4.78, 5) is 19.4. The molecule has 3 aromatic rings. The Labute approximate surface area is 187 Å².